The van der Waals surface area contributed by atoms with Crippen LogP contribution in [0.4, 0.5) is 5.69 Å². The Balaban J connectivity index is 1.57. The Morgan fingerprint density at radius 1 is 1.06 bits per heavy atom. The van der Waals surface area contributed by atoms with Gasteiger partial charge in [-0.25, -0.2) is 0 Å². The molecule has 0 unspecified atom stereocenters. The molecule has 1 saturated heterocycles. The van der Waals surface area contributed by atoms with E-state index in [2.05, 4.69) is 5.32 Å². The van der Waals surface area contributed by atoms with Crippen LogP contribution in [0.15, 0.2) is 36.4 Å². The summed E-state index contributed by atoms with van der Waals surface area (Å²) < 4.78 is 10.6. The van der Waals surface area contributed by atoms with Crippen LogP contribution in [0.2, 0.25) is 10.0 Å². The lowest BCUT2D eigenvalue weighted by atomic mass is 10.1. The largest absolute Gasteiger partial charge is 0.493 e. The third kappa shape index (κ3) is 6.50. The Bertz CT molecular complexity index is 1040. The lowest BCUT2D eigenvalue weighted by Gasteiger charge is -2.34. The van der Waals surface area contributed by atoms with E-state index in [0.29, 0.717) is 42.5 Å². The van der Waals surface area contributed by atoms with E-state index >= 15 is 0 Å². The molecule has 2 aromatic carbocycles. The van der Waals surface area contributed by atoms with Crippen molar-refractivity contribution in [2.24, 2.45) is 5.73 Å². The topological polar surface area (TPSA) is 114 Å². The molecule has 3 rings (SSSR count). The number of ether oxygens (including phenoxy) is 2. The number of benzene rings is 2. The third-order valence-corrected chi connectivity index (χ3v) is 5.62. The van der Waals surface area contributed by atoms with E-state index in [0.717, 1.165) is 0 Å². The minimum Gasteiger partial charge on any atom is -0.493 e. The summed E-state index contributed by atoms with van der Waals surface area (Å²) in [6.45, 7) is 1.78. The average molecular weight is 495 g/mol. The van der Waals surface area contributed by atoms with Crippen LogP contribution >= 0.6 is 23.2 Å². The SMILES string of the molecule is COc1cc(C(=O)N2CCN(CC(=O)Nc3ccccc3Cl)CC2)cc(Cl)c1OCC(N)=O. The number of methoxy groups -OCH3 is 1. The van der Waals surface area contributed by atoms with Crippen molar-refractivity contribution >= 4 is 46.6 Å². The number of anilines is 1. The highest BCUT2D eigenvalue weighted by molar-refractivity contribution is 6.33. The van der Waals surface area contributed by atoms with E-state index in [1.54, 1.807) is 29.2 Å². The highest BCUT2D eigenvalue weighted by atomic mass is 35.5. The Morgan fingerprint density at radius 3 is 2.39 bits per heavy atom. The van der Waals surface area contributed by atoms with Crippen LogP contribution in [0.3, 0.4) is 0 Å². The van der Waals surface area contributed by atoms with Crippen molar-refractivity contribution in [3.8, 4) is 11.5 Å². The maximum absolute atomic E-state index is 13.0. The number of carbonyl (C=O) groups excluding carboxylic acids is 3. The molecule has 11 heteroatoms. The molecule has 2 aromatic rings. The summed E-state index contributed by atoms with van der Waals surface area (Å²) in [6, 6.07) is 10.0. The van der Waals surface area contributed by atoms with E-state index in [4.69, 9.17) is 38.4 Å². The number of hydrogen-bond acceptors (Lipinski definition) is 6. The molecule has 0 saturated carbocycles. The number of nitrogens with two attached hydrogens (primary N) is 1. The van der Waals surface area contributed by atoms with Gasteiger partial charge in [0.2, 0.25) is 5.91 Å². The number of nitrogens with zero attached hydrogens (tertiary/aromatic N) is 2. The van der Waals surface area contributed by atoms with Gasteiger partial charge in [-0.15, -0.1) is 0 Å². The molecule has 0 radical (unpaired) electrons. The second-order valence-corrected chi connectivity index (χ2v) is 8.16. The number of primary amides is 1. The number of hydrogen-bond donors (Lipinski definition) is 2. The van der Waals surface area contributed by atoms with Crippen LogP contribution in [0.5, 0.6) is 11.5 Å². The standard InChI is InChI=1S/C22H24Cl2N4O5/c1-32-18-11-14(10-16(24)21(18)33-13-19(25)29)22(31)28-8-6-27(7-9-28)12-20(30)26-17-5-3-2-4-15(17)23/h2-5,10-11H,6-9,12-13H2,1H3,(H2,25,29)(H,26,30). The van der Waals surface area contributed by atoms with E-state index in [-0.39, 0.29) is 41.5 Å². The lowest BCUT2D eigenvalue weighted by molar-refractivity contribution is -0.120. The molecule has 0 atom stereocenters. The summed E-state index contributed by atoms with van der Waals surface area (Å²) in [5.41, 5.74) is 5.99. The van der Waals surface area contributed by atoms with Crippen molar-refractivity contribution in [3.05, 3.63) is 52.0 Å². The normalized spacial score (nSPS) is 14.0. The van der Waals surface area contributed by atoms with Gasteiger partial charge in [0, 0.05) is 31.7 Å². The second kappa shape index (κ2) is 11.2. The molecule has 1 aliphatic rings. The summed E-state index contributed by atoms with van der Waals surface area (Å²) in [5.74, 6) is -0.694. The molecule has 3 amide bonds. The van der Waals surface area contributed by atoms with E-state index in [1.165, 1.54) is 19.2 Å². The molecular weight excluding hydrogens is 471 g/mol. The molecule has 176 valence electrons. The third-order valence-electron chi connectivity index (χ3n) is 5.01. The van der Waals surface area contributed by atoms with Crippen molar-refractivity contribution in [2.75, 3.05) is 51.8 Å². The summed E-state index contributed by atoms with van der Waals surface area (Å²) in [5, 5.41) is 3.40. The van der Waals surface area contributed by atoms with Crippen molar-refractivity contribution in [1.29, 1.82) is 0 Å². The van der Waals surface area contributed by atoms with Gasteiger partial charge in [0.25, 0.3) is 11.8 Å². The van der Waals surface area contributed by atoms with Crippen LogP contribution in [-0.2, 0) is 9.59 Å². The fraction of sp³-hybridized carbons (Fsp3) is 0.318. The Hall–Kier alpha value is -3.01. The summed E-state index contributed by atoms with van der Waals surface area (Å²) >= 11 is 12.3. The Kier molecular flexibility index (Phi) is 8.37. The minimum absolute atomic E-state index is 0.133. The number of carbonyl (C=O) groups is 3. The van der Waals surface area contributed by atoms with Gasteiger partial charge < -0.3 is 25.4 Å². The number of piperazine rings is 1. The first-order valence-corrected chi connectivity index (χ1v) is 10.9. The Labute approximate surface area is 201 Å². The van der Waals surface area contributed by atoms with Gasteiger partial charge in [-0.1, -0.05) is 35.3 Å². The van der Waals surface area contributed by atoms with Crippen molar-refractivity contribution in [2.45, 2.75) is 0 Å². The molecule has 1 aliphatic heterocycles. The summed E-state index contributed by atoms with van der Waals surface area (Å²) in [6.07, 6.45) is 0. The van der Waals surface area contributed by atoms with Crippen LogP contribution in [0.25, 0.3) is 0 Å². The molecule has 0 bridgehead atoms. The highest BCUT2D eigenvalue weighted by Crippen LogP contribution is 2.36. The quantitative estimate of drug-likeness (QED) is 0.581. The van der Waals surface area contributed by atoms with Crippen molar-refractivity contribution in [3.63, 3.8) is 0 Å². The van der Waals surface area contributed by atoms with Gasteiger partial charge in [0.15, 0.2) is 18.1 Å². The zero-order valence-electron chi connectivity index (χ0n) is 18.0. The molecule has 0 aliphatic carbocycles. The molecule has 1 fully saturated rings. The predicted molar refractivity (Wildman–Crippen MR) is 125 cm³/mol. The van der Waals surface area contributed by atoms with Gasteiger partial charge in [-0.05, 0) is 24.3 Å². The lowest BCUT2D eigenvalue weighted by Crippen LogP contribution is -2.50. The van der Waals surface area contributed by atoms with Gasteiger partial charge in [-0.3, -0.25) is 19.3 Å². The number of halogens is 2. The van der Waals surface area contributed by atoms with Crippen LogP contribution < -0.4 is 20.5 Å². The molecule has 0 aromatic heterocycles. The van der Waals surface area contributed by atoms with Crippen molar-refractivity contribution in [1.82, 2.24) is 9.80 Å². The average Bonchev–Trinajstić information content (AvgIpc) is 2.79. The zero-order valence-corrected chi connectivity index (χ0v) is 19.5. The monoisotopic (exact) mass is 494 g/mol. The minimum atomic E-state index is -0.660. The molecule has 1 heterocycles. The van der Waals surface area contributed by atoms with Crippen molar-refractivity contribution < 1.29 is 23.9 Å². The Morgan fingerprint density at radius 2 is 1.76 bits per heavy atom. The van der Waals surface area contributed by atoms with Gasteiger partial charge in [-0.2, -0.15) is 0 Å². The molecule has 0 spiro atoms. The fourth-order valence-corrected chi connectivity index (χ4v) is 3.82. The molecular formula is C22H24Cl2N4O5. The van der Waals surface area contributed by atoms with Gasteiger partial charge in [0.05, 0.1) is 29.4 Å². The molecule has 3 N–H and O–H groups in total. The maximum Gasteiger partial charge on any atom is 0.255 e. The second-order valence-electron chi connectivity index (χ2n) is 7.34. The first kappa shape index (κ1) is 24.6. The van der Waals surface area contributed by atoms with Crippen LogP contribution in [0, 0.1) is 0 Å². The number of para-hydroxylation sites is 1. The smallest absolute Gasteiger partial charge is 0.255 e. The maximum atomic E-state index is 13.0. The van der Waals surface area contributed by atoms with Crippen LogP contribution in [0.1, 0.15) is 10.4 Å². The van der Waals surface area contributed by atoms with Gasteiger partial charge in [0.1, 0.15) is 0 Å². The van der Waals surface area contributed by atoms with E-state index in [1.807, 2.05) is 4.90 Å². The molecule has 9 nitrogen and oxygen atoms in total. The molecule has 33 heavy (non-hydrogen) atoms. The number of amides is 3. The predicted octanol–water partition coefficient (Wildman–Crippen LogP) is 2.26. The highest BCUT2D eigenvalue weighted by Gasteiger charge is 2.25. The van der Waals surface area contributed by atoms with Gasteiger partial charge >= 0.3 is 0 Å². The number of nitrogens with one attached hydrogen (secondary N) is 1. The first-order chi connectivity index (χ1) is 15.8. The summed E-state index contributed by atoms with van der Waals surface area (Å²) in [7, 11) is 1.41. The zero-order chi connectivity index (χ0) is 24.0. The first-order valence-electron chi connectivity index (χ1n) is 10.1. The fourth-order valence-electron chi connectivity index (χ4n) is 3.37. The number of rotatable bonds is 8. The van der Waals surface area contributed by atoms with E-state index in [9.17, 15) is 14.4 Å². The van der Waals surface area contributed by atoms with E-state index < -0.39 is 5.91 Å². The summed E-state index contributed by atoms with van der Waals surface area (Å²) in [4.78, 5) is 40.0. The van der Waals surface area contributed by atoms with Crippen LogP contribution in [-0.4, -0.2) is 74.0 Å².